The van der Waals surface area contributed by atoms with Gasteiger partial charge in [0, 0.05) is 46.4 Å². The lowest BCUT2D eigenvalue weighted by Crippen LogP contribution is -2.45. The second-order valence-corrected chi connectivity index (χ2v) is 10.6. The molecule has 3 aromatic carbocycles. The number of piperidine rings is 1. The number of benzene rings is 3. The number of hydrogen-bond donors (Lipinski definition) is 0. The normalized spacial score (nSPS) is 16.8. The highest BCUT2D eigenvalue weighted by molar-refractivity contribution is 6.23. The van der Waals surface area contributed by atoms with E-state index in [0.29, 0.717) is 50.3 Å². The van der Waals surface area contributed by atoms with Crippen LogP contribution < -0.4 is 4.90 Å². The molecule has 2 aliphatic rings. The maximum Gasteiger partial charge on any atom is 0.263 e. The number of carbonyl (C=O) groups excluding carboxylic acids is 3. The summed E-state index contributed by atoms with van der Waals surface area (Å²) in [5.41, 5.74) is 3.97. The molecule has 7 heteroatoms. The van der Waals surface area contributed by atoms with Crippen LogP contribution in [0.2, 0.25) is 0 Å². The molecule has 3 aromatic rings. The van der Waals surface area contributed by atoms with Crippen LogP contribution >= 0.6 is 0 Å². The molecule has 40 heavy (non-hydrogen) atoms. The summed E-state index contributed by atoms with van der Waals surface area (Å²) in [5, 5.41) is 0. The highest BCUT2D eigenvalue weighted by Crippen LogP contribution is 2.34. The van der Waals surface area contributed by atoms with E-state index in [-0.39, 0.29) is 23.6 Å². The summed E-state index contributed by atoms with van der Waals surface area (Å²) in [7, 11) is 1.61. The summed E-state index contributed by atoms with van der Waals surface area (Å²) in [4.78, 5) is 45.9. The standard InChI is InChI=1S/C33H37N3O4/c1-40-22-10-20-36-32(38)28-16-8-17-29(30(28)33(36)39)34-19-9-15-27(24-34)31(37)35(23-26-13-6-3-7-14-26)21-18-25-11-4-2-5-12-25/h2-8,11-14,16-17,27H,9-10,15,18-24H2,1H3/t27-/m1/s1. The van der Waals surface area contributed by atoms with Gasteiger partial charge in [-0.15, -0.1) is 0 Å². The first-order valence-electron chi connectivity index (χ1n) is 14.2. The van der Waals surface area contributed by atoms with Gasteiger partial charge < -0.3 is 14.5 Å². The monoisotopic (exact) mass is 539 g/mol. The Morgan fingerprint density at radius 1 is 0.925 bits per heavy atom. The minimum absolute atomic E-state index is 0.139. The van der Waals surface area contributed by atoms with Gasteiger partial charge in [0.2, 0.25) is 5.91 Å². The summed E-state index contributed by atoms with van der Waals surface area (Å²) < 4.78 is 5.11. The van der Waals surface area contributed by atoms with Crippen LogP contribution in [0.1, 0.15) is 51.1 Å². The molecule has 208 valence electrons. The van der Waals surface area contributed by atoms with Crippen LogP contribution in [-0.2, 0) is 22.5 Å². The zero-order chi connectivity index (χ0) is 27.9. The molecular formula is C33H37N3O4. The third-order valence-electron chi connectivity index (χ3n) is 7.86. The lowest BCUT2D eigenvalue weighted by atomic mass is 9.94. The Morgan fingerprint density at radius 2 is 1.65 bits per heavy atom. The Bertz CT molecular complexity index is 1330. The van der Waals surface area contributed by atoms with Crippen molar-refractivity contribution in [3.63, 3.8) is 0 Å². The average molecular weight is 540 g/mol. The third-order valence-corrected chi connectivity index (χ3v) is 7.86. The Morgan fingerprint density at radius 3 is 2.38 bits per heavy atom. The van der Waals surface area contributed by atoms with E-state index in [0.717, 1.165) is 37.1 Å². The number of fused-ring (bicyclic) bond motifs is 1. The van der Waals surface area contributed by atoms with Crippen LogP contribution in [0.5, 0.6) is 0 Å². The second-order valence-electron chi connectivity index (χ2n) is 10.6. The van der Waals surface area contributed by atoms with Gasteiger partial charge in [0.15, 0.2) is 0 Å². The molecule has 0 unspecified atom stereocenters. The van der Waals surface area contributed by atoms with Crippen molar-refractivity contribution in [1.82, 2.24) is 9.80 Å². The second kappa shape index (κ2) is 12.9. The van der Waals surface area contributed by atoms with Gasteiger partial charge in [0.25, 0.3) is 11.8 Å². The van der Waals surface area contributed by atoms with Crippen LogP contribution in [0, 0.1) is 5.92 Å². The van der Waals surface area contributed by atoms with E-state index in [2.05, 4.69) is 29.2 Å². The number of amides is 3. The zero-order valence-electron chi connectivity index (χ0n) is 23.1. The molecule has 3 amide bonds. The van der Waals surface area contributed by atoms with E-state index in [1.165, 1.54) is 10.5 Å². The number of nitrogens with zero attached hydrogens (tertiary/aromatic N) is 3. The molecule has 7 nitrogen and oxygen atoms in total. The molecule has 1 atom stereocenters. The summed E-state index contributed by atoms with van der Waals surface area (Å²) >= 11 is 0. The van der Waals surface area contributed by atoms with Crippen LogP contribution in [0.3, 0.4) is 0 Å². The van der Waals surface area contributed by atoms with E-state index in [1.807, 2.05) is 53.4 Å². The third kappa shape index (κ3) is 6.10. The predicted octanol–water partition coefficient (Wildman–Crippen LogP) is 4.81. The predicted molar refractivity (Wildman–Crippen MR) is 155 cm³/mol. The van der Waals surface area contributed by atoms with Gasteiger partial charge in [0.05, 0.1) is 22.7 Å². The van der Waals surface area contributed by atoms with E-state index in [4.69, 9.17) is 4.74 Å². The molecule has 0 bridgehead atoms. The minimum atomic E-state index is -0.256. The topological polar surface area (TPSA) is 70.2 Å². The molecule has 1 fully saturated rings. The Kier molecular flexibility index (Phi) is 8.91. The SMILES string of the molecule is COCCCN1C(=O)c2cccc(N3CCC[C@@H](C(=O)N(CCc4ccccc4)Cc4ccccc4)C3)c2C1=O. The van der Waals surface area contributed by atoms with Crippen molar-refractivity contribution in [2.45, 2.75) is 32.2 Å². The van der Waals surface area contributed by atoms with Crippen LogP contribution in [-0.4, -0.2) is 67.4 Å². The number of carbonyl (C=O) groups is 3. The lowest BCUT2D eigenvalue weighted by Gasteiger charge is -2.37. The zero-order valence-corrected chi connectivity index (χ0v) is 23.1. The maximum absolute atomic E-state index is 14.0. The van der Waals surface area contributed by atoms with E-state index >= 15 is 0 Å². The first-order chi connectivity index (χ1) is 19.6. The van der Waals surface area contributed by atoms with Gasteiger partial charge in [-0.2, -0.15) is 0 Å². The van der Waals surface area contributed by atoms with Crippen molar-refractivity contribution in [3.05, 3.63) is 101 Å². The Balaban J connectivity index is 1.33. The van der Waals surface area contributed by atoms with Crippen molar-refractivity contribution in [3.8, 4) is 0 Å². The van der Waals surface area contributed by atoms with Gasteiger partial charge >= 0.3 is 0 Å². The number of anilines is 1. The molecule has 0 radical (unpaired) electrons. The number of hydrogen-bond acceptors (Lipinski definition) is 5. The first kappa shape index (κ1) is 27.6. The fraction of sp³-hybridized carbons (Fsp3) is 0.364. The molecule has 1 saturated heterocycles. The molecular weight excluding hydrogens is 502 g/mol. The van der Waals surface area contributed by atoms with Crippen molar-refractivity contribution in [2.24, 2.45) is 5.92 Å². The van der Waals surface area contributed by atoms with Crippen LogP contribution in [0.4, 0.5) is 5.69 Å². The molecule has 0 aromatic heterocycles. The largest absolute Gasteiger partial charge is 0.385 e. The number of ether oxygens (including phenoxy) is 1. The van der Waals surface area contributed by atoms with Crippen molar-refractivity contribution in [1.29, 1.82) is 0 Å². The highest BCUT2D eigenvalue weighted by atomic mass is 16.5. The van der Waals surface area contributed by atoms with Crippen LogP contribution in [0.15, 0.2) is 78.9 Å². The minimum Gasteiger partial charge on any atom is -0.385 e. The van der Waals surface area contributed by atoms with Crippen LogP contribution in [0.25, 0.3) is 0 Å². The summed E-state index contributed by atoms with van der Waals surface area (Å²) in [6.45, 7) is 3.28. The highest BCUT2D eigenvalue weighted by Gasteiger charge is 2.39. The molecule has 5 rings (SSSR count). The molecule has 2 heterocycles. The fourth-order valence-corrected chi connectivity index (χ4v) is 5.78. The molecule has 0 aliphatic carbocycles. The van der Waals surface area contributed by atoms with E-state index < -0.39 is 0 Å². The molecule has 2 aliphatic heterocycles. The molecule has 0 spiro atoms. The number of rotatable bonds is 11. The smallest absolute Gasteiger partial charge is 0.263 e. The van der Waals surface area contributed by atoms with Crippen molar-refractivity contribution >= 4 is 23.4 Å². The summed E-state index contributed by atoms with van der Waals surface area (Å²) in [6.07, 6.45) is 3.03. The number of imide groups is 1. The van der Waals surface area contributed by atoms with Gasteiger partial charge in [-0.25, -0.2) is 0 Å². The lowest BCUT2D eigenvalue weighted by molar-refractivity contribution is -0.136. The Hall–Kier alpha value is -3.97. The van der Waals surface area contributed by atoms with E-state index in [1.54, 1.807) is 13.2 Å². The first-order valence-corrected chi connectivity index (χ1v) is 14.2. The van der Waals surface area contributed by atoms with Crippen molar-refractivity contribution in [2.75, 3.05) is 44.8 Å². The quantitative estimate of drug-likeness (QED) is 0.259. The van der Waals surface area contributed by atoms with E-state index in [9.17, 15) is 14.4 Å². The molecule has 0 saturated carbocycles. The van der Waals surface area contributed by atoms with Gasteiger partial charge in [0.1, 0.15) is 0 Å². The van der Waals surface area contributed by atoms with Crippen molar-refractivity contribution < 1.29 is 19.1 Å². The summed E-state index contributed by atoms with van der Waals surface area (Å²) in [6, 6.07) is 25.8. The van der Waals surface area contributed by atoms with Gasteiger partial charge in [-0.05, 0) is 48.9 Å². The fourth-order valence-electron chi connectivity index (χ4n) is 5.78. The molecule has 0 N–H and O–H groups in total. The van der Waals surface area contributed by atoms with Gasteiger partial charge in [-0.1, -0.05) is 66.7 Å². The average Bonchev–Trinajstić information content (AvgIpc) is 3.25. The Labute approximate surface area is 236 Å². The summed E-state index contributed by atoms with van der Waals surface area (Å²) in [5.74, 6) is -0.555. The van der Waals surface area contributed by atoms with Gasteiger partial charge in [-0.3, -0.25) is 19.3 Å². The number of methoxy groups -OCH3 is 1. The maximum atomic E-state index is 14.0.